The van der Waals surface area contributed by atoms with Crippen LogP contribution >= 0.6 is 0 Å². The Balaban J connectivity index is 0.00000187. The topological polar surface area (TPSA) is 94.3 Å². The number of fused-ring (bicyclic) bond motifs is 1. The maximum absolute atomic E-state index is 11.2. The van der Waals surface area contributed by atoms with Crippen LogP contribution in [-0.2, 0) is 11.8 Å². The highest BCUT2D eigenvalue weighted by Gasteiger charge is 2.08. The molecule has 9 nitrogen and oxygen atoms in total. The Labute approximate surface area is 192 Å². The maximum atomic E-state index is 11.2. The summed E-state index contributed by atoms with van der Waals surface area (Å²) in [4.78, 5) is 27.9. The number of likely N-dealkylation sites (N-methyl/N-ethyl adjacent to an activating group) is 2. The number of carbonyl (C=O) groups is 1. The van der Waals surface area contributed by atoms with E-state index < -0.39 is 0 Å². The third-order valence-electron chi connectivity index (χ3n) is 4.94. The zero-order valence-corrected chi connectivity index (χ0v) is 19.6. The summed E-state index contributed by atoms with van der Waals surface area (Å²) in [6, 6.07) is 7.60. The molecule has 0 N–H and O–H groups in total. The molecule has 0 saturated heterocycles. The van der Waals surface area contributed by atoms with Crippen molar-refractivity contribution in [3.05, 3.63) is 59.6 Å². The number of hydrogen-bond acceptors (Lipinski definition) is 5. The zero-order valence-electron chi connectivity index (χ0n) is 19.6. The van der Waals surface area contributed by atoms with Gasteiger partial charge in [0.15, 0.2) is 12.0 Å². The van der Waals surface area contributed by atoms with Crippen LogP contribution in [0.25, 0.3) is 5.65 Å². The number of pyridine rings is 2. The molecular weight excluding hydrogens is 423 g/mol. The molecule has 0 unspecified atom stereocenters. The number of imidazole rings is 1. The van der Waals surface area contributed by atoms with E-state index in [9.17, 15) is 9.18 Å². The predicted molar refractivity (Wildman–Crippen MR) is 127 cm³/mol. The molecule has 3 aromatic heterocycles. The minimum Gasteiger partial charge on any atom is -0.369 e. The van der Waals surface area contributed by atoms with Crippen molar-refractivity contribution in [2.75, 3.05) is 38.8 Å². The van der Waals surface area contributed by atoms with Gasteiger partial charge >= 0.3 is 0 Å². The lowest BCUT2D eigenvalue weighted by molar-refractivity contribution is -0.106. The number of amidine groups is 1. The Bertz CT molecular complexity index is 1220. The van der Waals surface area contributed by atoms with Gasteiger partial charge in [-0.3, -0.25) is 9.18 Å². The van der Waals surface area contributed by atoms with Crippen molar-refractivity contribution in [3.63, 3.8) is 0 Å². The van der Waals surface area contributed by atoms with Gasteiger partial charge in [-0.1, -0.05) is 0 Å². The van der Waals surface area contributed by atoms with Crippen LogP contribution in [0.2, 0.25) is 0 Å². The number of nitrogens with zero attached hydrogens (tertiary/aromatic N) is 8. The average Bonchev–Trinajstić information content (AvgIpc) is 3.20. The lowest BCUT2D eigenvalue weighted by Crippen LogP contribution is -2.32. The monoisotopic (exact) mass is 452 g/mol. The summed E-state index contributed by atoms with van der Waals surface area (Å²) in [6.45, 7) is 6.20. The SMILES string of the molecule is CCN(CCN(C)C#N)c1ccc(=NC(=NC=O)c2ccc3nc(C)cn3c2)n(C)c1.CF. The number of aryl methyl sites for hydroxylation is 2. The van der Waals surface area contributed by atoms with Crippen molar-refractivity contribution >= 4 is 23.6 Å². The number of anilines is 1. The largest absolute Gasteiger partial charge is 0.369 e. The van der Waals surface area contributed by atoms with Crippen LogP contribution in [0.5, 0.6) is 0 Å². The maximum Gasteiger partial charge on any atom is 0.234 e. The molecule has 0 radical (unpaired) electrons. The fraction of sp³-hybridized carbons (Fsp3) is 0.348. The number of aliphatic imine (C=N–C) groups is 1. The molecule has 10 heteroatoms. The third-order valence-corrected chi connectivity index (χ3v) is 4.94. The van der Waals surface area contributed by atoms with Gasteiger partial charge < -0.3 is 18.8 Å². The minimum atomic E-state index is 0.328. The third kappa shape index (κ3) is 6.49. The molecule has 0 bridgehead atoms. The first-order chi connectivity index (χ1) is 15.9. The second-order valence-corrected chi connectivity index (χ2v) is 7.19. The summed E-state index contributed by atoms with van der Waals surface area (Å²) >= 11 is 0. The van der Waals surface area contributed by atoms with Gasteiger partial charge in [0.1, 0.15) is 11.1 Å². The summed E-state index contributed by atoms with van der Waals surface area (Å²) < 4.78 is 13.3. The number of halogens is 1. The molecule has 0 aromatic carbocycles. The lowest BCUT2D eigenvalue weighted by atomic mass is 10.2. The molecule has 0 aliphatic rings. The van der Waals surface area contributed by atoms with E-state index in [1.165, 1.54) is 0 Å². The molecule has 0 fully saturated rings. The summed E-state index contributed by atoms with van der Waals surface area (Å²) in [5, 5.41) is 8.95. The van der Waals surface area contributed by atoms with Gasteiger partial charge in [-0.25, -0.2) is 9.98 Å². The van der Waals surface area contributed by atoms with Crippen molar-refractivity contribution in [1.82, 2.24) is 18.9 Å². The van der Waals surface area contributed by atoms with Crippen molar-refractivity contribution < 1.29 is 9.18 Å². The van der Waals surface area contributed by atoms with Crippen LogP contribution in [0.1, 0.15) is 18.2 Å². The number of alkyl halides is 1. The number of aromatic nitrogens is 3. The molecule has 0 saturated carbocycles. The zero-order chi connectivity index (χ0) is 24.4. The first-order valence-electron chi connectivity index (χ1n) is 10.4. The summed E-state index contributed by atoms with van der Waals surface area (Å²) in [5.41, 5.74) is 4.14. The van der Waals surface area contributed by atoms with E-state index in [2.05, 4.69) is 33.0 Å². The van der Waals surface area contributed by atoms with E-state index in [0.717, 1.165) is 35.7 Å². The number of carbonyl (C=O) groups excluding carboxylic acids is 1. The summed E-state index contributed by atoms with van der Waals surface area (Å²) in [6.07, 6.45) is 8.37. The normalized spacial score (nSPS) is 11.5. The Morgan fingerprint density at radius 3 is 2.61 bits per heavy atom. The molecular formula is C23H29FN8O. The molecule has 0 aliphatic carbocycles. The van der Waals surface area contributed by atoms with Gasteiger partial charge in [-0.2, -0.15) is 10.3 Å². The van der Waals surface area contributed by atoms with E-state index in [1.54, 1.807) is 11.9 Å². The van der Waals surface area contributed by atoms with Gasteiger partial charge in [0, 0.05) is 57.9 Å². The quantitative estimate of drug-likeness (QED) is 0.180. The molecule has 3 aromatic rings. The molecule has 0 aliphatic heterocycles. The van der Waals surface area contributed by atoms with Crippen molar-refractivity contribution in [3.8, 4) is 6.19 Å². The van der Waals surface area contributed by atoms with Gasteiger partial charge in [-0.15, -0.1) is 0 Å². The fourth-order valence-corrected chi connectivity index (χ4v) is 3.26. The molecule has 1 amide bonds. The standard InChI is InChI=1S/C22H26N8O.CH3F/c1-5-29(11-10-27(3)15-23)19-7-9-20(28(4)14-19)26-22(24-16-31)18-6-8-21-25-17(2)12-30(21)13-18;1-2/h6-9,12-14,16H,5,10-11H2,1-4H3;1H3. The number of nitriles is 1. The first kappa shape index (κ1) is 25.3. The highest BCUT2D eigenvalue weighted by atomic mass is 19.1. The second kappa shape index (κ2) is 12.1. The molecule has 0 spiro atoms. The second-order valence-electron chi connectivity index (χ2n) is 7.19. The van der Waals surface area contributed by atoms with Crippen LogP contribution < -0.4 is 10.4 Å². The van der Waals surface area contributed by atoms with E-state index in [4.69, 9.17) is 5.26 Å². The van der Waals surface area contributed by atoms with Gasteiger partial charge in [-0.05, 0) is 38.1 Å². The molecule has 33 heavy (non-hydrogen) atoms. The van der Waals surface area contributed by atoms with Gasteiger partial charge in [0.2, 0.25) is 6.41 Å². The van der Waals surface area contributed by atoms with Crippen LogP contribution in [0.4, 0.5) is 10.1 Å². The van der Waals surface area contributed by atoms with Crippen molar-refractivity contribution in [2.24, 2.45) is 17.0 Å². The van der Waals surface area contributed by atoms with Crippen LogP contribution in [0.3, 0.4) is 0 Å². The van der Waals surface area contributed by atoms with Crippen LogP contribution in [-0.4, -0.2) is 65.0 Å². The van der Waals surface area contributed by atoms with Crippen LogP contribution in [0, 0.1) is 18.4 Å². The summed E-state index contributed by atoms with van der Waals surface area (Å²) in [7, 11) is 4.17. The predicted octanol–water partition coefficient (Wildman–Crippen LogP) is 2.31. The molecule has 3 rings (SSSR count). The highest BCUT2D eigenvalue weighted by molar-refractivity contribution is 6.02. The summed E-state index contributed by atoms with van der Waals surface area (Å²) in [5.74, 6) is 0.328. The van der Waals surface area contributed by atoms with E-state index in [0.29, 0.717) is 31.5 Å². The Morgan fingerprint density at radius 1 is 1.21 bits per heavy atom. The Morgan fingerprint density at radius 2 is 1.97 bits per heavy atom. The number of amides is 1. The Hall–Kier alpha value is -4.00. The molecule has 3 heterocycles. The van der Waals surface area contributed by atoms with Gasteiger partial charge in [0.25, 0.3) is 0 Å². The first-order valence-corrected chi connectivity index (χ1v) is 10.4. The van der Waals surface area contributed by atoms with Gasteiger partial charge in [0.05, 0.1) is 18.6 Å². The van der Waals surface area contributed by atoms with E-state index in [1.807, 2.05) is 65.8 Å². The van der Waals surface area contributed by atoms with Crippen LogP contribution in [0.15, 0.2) is 52.8 Å². The number of hydrogen-bond donors (Lipinski definition) is 0. The minimum absolute atomic E-state index is 0.328. The fourth-order valence-electron chi connectivity index (χ4n) is 3.26. The number of rotatable bonds is 7. The van der Waals surface area contributed by atoms with Crippen molar-refractivity contribution in [2.45, 2.75) is 13.8 Å². The lowest BCUT2D eigenvalue weighted by Gasteiger charge is -2.25. The van der Waals surface area contributed by atoms with E-state index >= 15 is 0 Å². The highest BCUT2D eigenvalue weighted by Crippen LogP contribution is 2.12. The van der Waals surface area contributed by atoms with E-state index in [-0.39, 0.29) is 0 Å². The molecule has 0 atom stereocenters. The van der Waals surface area contributed by atoms with Crippen molar-refractivity contribution in [1.29, 1.82) is 5.26 Å². The Kier molecular flexibility index (Phi) is 9.30. The smallest absolute Gasteiger partial charge is 0.234 e. The average molecular weight is 453 g/mol. The molecule has 174 valence electrons.